The van der Waals surface area contributed by atoms with Crippen molar-refractivity contribution in [2.24, 2.45) is 0 Å². The van der Waals surface area contributed by atoms with Crippen molar-refractivity contribution in [1.29, 1.82) is 0 Å². The average molecular weight is 536 g/mol. The fourth-order valence-corrected chi connectivity index (χ4v) is 5.79. The maximum absolute atomic E-state index is 14.1. The summed E-state index contributed by atoms with van der Waals surface area (Å²) < 4.78 is 79.4. The summed E-state index contributed by atoms with van der Waals surface area (Å²) in [6, 6.07) is 8.20. The van der Waals surface area contributed by atoms with Crippen LogP contribution >= 0.6 is 0 Å². The smallest absolute Gasteiger partial charge is 0.207 e. The van der Waals surface area contributed by atoms with E-state index in [1.807, 2.05) is 18.2 Å². The zero-order valence-electron chi connectivity index (χ0n) is 21.2. The van der Waals surface area contributed by atoms with E-state index in [1.54, 1.807) is 7.11 Å². The third kappa shape index (κ3) is 5.27. The minimum Gasteiger partial charge on any atom is -0.495 e. The summed E-state index contributed by atoms with van der Waals surface area (Å²) in [6.45, 7) is 4.84. The van der Waals surface area contributed by atoms with Crippen LogP contribution in [0.25, 0.3) is 0 Å². The minimum atomic E-state index is -2.18. The first kappa shape index (κ1) is 26.6. The number of hydrogen-bond donors (Lipinski definition) is 0. The Morgan fingerprint density at radius 1 is 0.789 bits per heavy atom. The van der Waals surface area contributed by atoms with Crippen molar-refractivity contribution in [2.75, 3.05) is 51.3 Å². The number of nitrogens with zero attached hydrogens (tertiary/aromatic N) is 3. The zero-order chi connectivity index (χ0) is 26.8. The molecule has 0 saturated carbocycles. The van der Waals surface area contributed by atoms with Crippen LogP contribution in [0.5, 0.6) is 11.5 Å². The molecule has 0 aromatic heterocycles. The van der Waals surface area contributed by atoms with Gasteiger partial charge in [-0.1, -0.05) is 24.0 Å². The zero-order valence-corrected chi connectivity index (χ0v) is 21.2. The molecule has 10 heteroatoms. The number of hydrogen-bond acceptors (Lipinski definition) is 5. The van der Waals surface area contributed by atoms with Crippen molar-refractivity contribution < 1.29 is 31.4 Å². The number of rotatable bonds is 6. The average Bonchev–Trinajstić information content (AvgIpc) is 3.18. The molecular weight excluding hydrogens is 505 g/mol. The van der Waals surface area contributed by atoms with Gasteiger partial charge < -0.3 is 14.4 Å². The summed E-state index contributed by atoms with van der Waals surface area (Å²) in [4.78, 5) is 6.90. The summed E-state index contributed by atoms with van der Waals surface area (Å²) in [7, 11) is 1.68. The van der Waals surface area contributed by atoms with E-state index in [9.17, 15) is 22.0 Å². The summed E-state index contributed by atoms with van der Waals surface area (Å²) in [5.74, 6) is -3.79. The Labute approximate surface area is 219 Å². The molecule has 5 rings (SSSR count). The first-order valence-corrected chi connectivity index (χ1v) is 12.9. The maximum atomic E-state index is 14.1. The van der Waals surface area contributed by atoms with Crippen LogP contribution in [0.2, 0.25) is 0 Å². The fraction of sp³-hybridized carbons (Fsp3) is 0.500. The number of methoxy groups -OCH3 is 1. The molecule has 3 aliphatic heterocycles. The van der Waals surface area contributed by atoms with Crippen LogP contribution in [-0.4, -0.2) is 74.4 Å². The number of ether oxygens (including phenoxy) is 2. The Morgan fingerprint density at radius 2 is 1.37 bits per heavy atom. The molecule has 3 fully saturated rings. The van der Waals surface area contributed by atoms with E-state index in [-0.39, 0.29) is 12.1 Å². The number of para-hydroxylation sites is 2. The van der Waals surface area contributed by atoms with Gasteiger partial charge in [0.05, 0.1) is 25.9 Å². The number of benzene rings is 2. The largest absolute Gasteiger partial charge is 0.495 e. The Balaban J connectivity index is 1.11. The van der Waals surface area contributed by atoms with Gasteiger partial charge in [-0.3, -0.25) is 9.80 Å². The highest BCUT2D eigenvalue weighted by molar-refractivity contribution is 5.58. The highest BCUT2D eigenvalue weighted by Gasteiger charge is 2.42. The molecule has 0 radical (unpaired) electrons. The van der Waals surface area contributed by atoms with Crippen LogP contribution in [0.15, 0.2) is 24.3 Å². The molecule has 38 heavy (non-hydrogen) atoms. The van der Waals surface area contributed by atoms with Crippen molar-refractivity contribution in [3.63, 3.8) is 0 Å². The molecule has 5 nitrogen and oxygen atoms in total. The molecule has 0 aliphatic carbocycles. The SMILES string of the molecule is COc1ccccc1N1CCN(CC#CCN2C3CCC2CC(Oc2c(F)c(F)c(F)c(F)c2F)C3)CC1. The second-order valence-corrected chi connectivity index (χ2v) is 9.96. The van der Waals surface area contributed by atoms with Gasteiger partial charge in [-0.15, -0.1) is 0 Å². The molecular formula is C28H30F5N3O2. The normalized spacial score (nSPS) is 23.7. The van der Waals surface area contributed by atoms with E-state index in [2.05, 4.69) is 32.6 Å². The van der Waals surface area contributed by atoms with Crippen molar-refractivity contribution in [3.8, 4) is 23.3 Å². The standard InChI is InChI=1S/C28H30F5N3O2/c1-37-22-7-3-2-6-21(22)35-14-12-34(13-15-35)10-4-5-11-36-18-8-9-19(36)17-20(16-18)38-28-26(32)24(30)23(29)25(31)27(28)33/h2-3,6-7,18-20H,8-17H2,1H3. The molecule has 0 N–H and O–H groups in total. The lowest BCUT2D eigenvalue weighted by molar-refractivity contribution is 0.0519. The first-order valence-electron chi connectivity index (χ1n) is 12.9. The summed E-state index contributed by atoms with van der Waals surface area (Å²) in [5, 5.41) is 0. The molecule has 2 aromatic carbocycles. The van der Waals surface area contributed by atoms with Gasteiger partial charge >= 0.3 is 0 Å². The van der Waals surface area contributed by atoms with Gasteiger partial charge in [-0.05, 0) is 37.8 Å². The van der Waals surface area contributed by atoms with Gasteiger partial charge in [0, 0.05) is 38.3 Å². The van der Waals surface area contributed by atoms with E-state index in [4.69, 9.17) is 9.47 Å². The van der Waals surface area contributed by atoms with Crippen LogP contribution in [0.1, 0.15) is 25.7 Å². The Morgan fingerprint density at radius 3 is 2.00 bits per heavy atom. The lowest BCUT2D eigenvalue weighted by Crippen LogP contribution is -2.47. The highest BCUT2D eigenvalue weighted by Crippen LogP contribution is 2.38. The molecule has 0 amide bonds. The molecule has 3 heterocycles. The summed E-state index contributed by atoms with van der Waals surface area (Å²) >= 11 is 0. The van der Waals surface area contributed by atoms with Gasteiger partial charge in [0.15, 0.2) is 5.75 Å². The maximum Gasteiger partial charge on any atom is 0.207 e. The van der Waals surface area contributed by atoms with E-state index in [0.29, 0.717) is 25.9 Å². The van der Waals surface area contributed by atoms with E-state index in [0.717, 1.165) is 50.5 Å². The van der Waals surface area contributed by atoms with E-state index in [1.165, 1.54) is 0 Å². The molecule has 2 atom stereocenters. The van der Waals surface area contributed by atoms with Gasteiger partial charge in [0.1, 0.15) is 11.9 Å². The number of piperidine rings is 1. The second-order valence-electron chi connectivity index (χ2n) is 9.96. The van der Waals surface area contributed by atoms with Crippen LogP contribution in [0, 0.1) is 40.9 Å². The fourth-order valence-electron chi connectivity index (χ4n) is 5.79. The van der Waals surface area contributed by atoms with Crippen molar-refractivity contribution in [2.45, 2.75) is 43.9 Å². The van der Waals surface area contributed by atoms with Gasteiger partial charge in [0.2, 0.25) is 29.1 Å². The van der Waals surface area contributed by atoms with Crippen LogP contribution in [0.4, 0.5) is 27.6 Å². The van der Waals surface area contributed by atoms with Crippen molar-refractivity contribution in [1.82, 2.24) is 9.80 Å². The number of halogens is 5. The molecule has 2 unspecified atom stereocenters. The topological polar surface area (TPSA) is 28.2 Å². The third-order valence-corrected chi connectivity index (χ3v) is 7.78. The Bertz CT molecular complexity index is 1180. The third-order valence-electron chi connectivity index (χ3n) is 7.78. The highest BCUT2D eigenvalue weighted by atomic mass is 19.2. The van der Waals surface area contributed by atoms with Gasteiger partial charge in [0.25, 0.3) is 0 Å². The van der Waals surface area contributed by atoms with Gasteiger partial charge in [-0.25, -0.2) is 13.2 Å². The number of anilines is 1. The molecule has 2 aromatic rings. The predicted octanol–water partition coefficient (Wildman–Crippen LogP) is 4.59. The lowest BCUT2D eigenvalue weighted by atomic mass is 9.99. The molecule has 3 aliphatic rings. The quantitative estimate of drug-likeness (QED) is 0.234. The summed E-state index contributed by atoms with van der Waals surface area (Å²) in [5.41, 5.74) is 1.10. The van der Waals surface area contributed by atoms with Gasteiger partial charge in [-0.2, -0.15) is 8.78 Å². The van der Waals surface area contributed by atoms with Crippen LogP contribution in [-0.2, 0) is 0 Å². The monoisotopic (exact) mass is 535 g/mol. The van der Waals surface area contributed by atoms with Crippen molar-refractivity contribution >= 4 is 5.69 Å². The second kappa shape index (κ2) is 11.4. The molecule has 2 bridgehead atoms. The Kier molecular flexibility index (Phi) is 7.96. The first-order chi connectivity index (χ1) is 18.4. The summed E-state index contributed by atoms with van der Waals surface area (Å²) in [6.07, 6.45) is 2.04. The Hall–Kier alpha value is -3.03. The lowest BCUT2D eigenvalue weighted by Gasteiger charge is -2.38. The van der Waals surface area contributed by atoms with Crippen LogP contribution in [0.3, 0.4) is 0 Å². The van der Waals surface area contributed by atoms with E-state index >= 15 is 0 Å². The molecule has 3 saturated heterocycles. The van der Waals surface area contributed by atoms with E-state index < -0.39 is 40.9 Å². The molecule has 204 valence electrons. The minimum absolute atomic E-state index is 0.0960. The predicted molar refractivity (Wildman–Crippen MR) is 133 cm³/mol. The molecule has 0 spiro atoms. The number of fused-ring (bicyclic) bond motifs is 2. The van der Waals surface area contributed by atoms with Crippen LogP contribution < -0.4 is 14.4 Å². The number of piperazine rings is 1. The van der Waals surface area contributed by atoms with Crippen molar-refractivity contribution in [3.05, 3.63) is 53.4 Å².